The van der Waals surface area contributed by atoms with E-state index in [4.69, 9.17) is 4.74 Å². The summed E-state index contributed by atoms with van der Waals surface area (Å²) in [6, 6.07) is 22.1. The standard InChI is InChI=1S/C26H24F2O/c27-24-13-7-12-23(26(24)28)25(20-10-5-2-6-11-20)21-14-16-22(17-15-21)29-18-19-8-3-1-4-9-19/h1,3-4,7-9,12-17H,2,5-6,10-11,18H2. The van der Waals surface area contributed by atoms with Crippen LogP contribution in [0.4, 0.5) is 8.78 Å². The third-order valence-electron chi connectivity index (χ3n) is 5.42. The molecule has 3 heteroatoms. The zero-order valence-corrected chi connectivity index (χ0v) is 16.3. The van der Waals surface area contributed by atoms with Crippen LogP contribution in [0.5, 0.6) is 5.75 Å². The Kier molecular flexibility index (Phi) is 6.04. The van der Waals surface area contributed by atoms with Gasteiger partial charge >= 0.3 is 0 Å². The van der Waals surface area contributed by atoms with Crippen molar-refractivity contribution in [1.29, 1.82) is 0 Å². The SMILES string of the molecule is Fc1cccc(C(=C2CCCCC2)c2ccc(OCc3ccccc3)cc2)c1F. The zero-order valence-electron chi connectivity index (χ0n) is 16.3. The molecule has 1 aliphatic carbocycles. The smallest absolute Gasteiger partial charge is 0.166 e. The molecule has 3 aromatic rings. The third-order valence-corrected chi connectivity index (χ3v) is 5.42. The first-order valence-corrected chi connectivity index (χ1v) is 10.2. The average molecular weight is 390 g/mol. The minimum Gasteiger partial charge on any atom is -0.489 e. The van der Waals surface area contributed by atoms with Crippen LogP contribution in [0.1, 0.15) is 48.8 Å². The Balaban J connectivity index is 1.64. The van der Waals surface area contributed by atoms with Crippen molar-refractivity contribution in [3.8, 4) is 5.75 Å². The fraction of sp³-hybridized carbons (Fsp3) is 0.231. The summed E-state index contributed by atoms with van der Waals surface area (Å²) in [5, 5.41) is 0. The van der Waals surface area contributed by atoms with Crippen LogP contribution >= 0.6 is 0 Å². The Morgan fingerprint density at radius 3 is 2.21 bits per heavy atom. The number of hydrogen-bond acceptors (Lipinski definition) is 1. The van der Waals surface area contributed by atoms with Gasteiger partial charge in [0.2, 0.25) is 0 Å². The number of benzene rings is 3. The van der Waals surface area contributed by atoms with Crippen LogP contribution in [0.2, 0.25) is 0 Å². The largest absolute Gasteiger partial charge is 0.489 e. The van der Waals surface area contributed by atoms with Crippen molar-refractivity contribution in [2.24, 2.45) is 0 Å². The van der Waals surface area contributed by atoms with Crippen molar-refractivity contribution in [3.05, 3.63) is 107 Å². The van der Waals surface area contributed by atoms with E-state index in [9.17, 15) is 8.78 Å². The molecule has 0 aromatic heterocycles. The highest BCUT2D eigenvalue weighted by Gasteiger charge is 2.19. The molecule has 148 valence electrons. The fourth-order valence-corrected chi connectivity index (χ4v) is 3.93. The molecular weight excluding hydrogens is 366 g/mol. The number of hydrogen-bond donors (Lipinski definition) is 0. The molecule has 3 aromatic carbocycles. The summed E-state index contributed by atoms with van der Waals surface area (Å²) in [4.78, 5) is 0. The predicted octanol–water partition coefficient (Wildman–Crippen LogP) is 7.31. The monoisotopic (exact) mass is 390 g/mol. The van der Waals surface area contributed by atoms with E-state index < -0.39 is 11.6 Å². The summed E-state index contributed by atoms with van der Waals surface area (Å²) in [7, 11) is 0. The molecule has 0 amide bonds. The highest BCUT2D eigenvalue weighted by atomic mass is 19.2. The predicted molar refractivity (Wildman–Crippen MR) is 113 cm³/mol. The molecule has 0 unspecified atom stereocenters. The summed E-state index contributed by atoms with van der Waals surface area (Å²) >= 11 is 0. The van der Waals surface area contributed by atoms with Crippen molar-refractivity contribution >= 4 is 5.57 Å². The maximum Gasteiger partial charge on any atom is 0.166 e. The summed E-state index contributed by atoms with van der Waals surface area (Å²) in [5.41, 5.74) is 4.39. The van der Waals surface area contributed by atoms with Gasteiger partial charge < -0.3 is 4.74 Å². The molecule has 0 saturated heterocycles. The van der Waals surface area contributed by atoms with E-state index in [1.54, 1.807) is 12.1 Å². The Bertz CT molecular complexity index is 983. The number of ether oxygens (including phenoxy) is 1. The van der Waals surface area contributed by atoms with Crippen molar-refractivity contribution in [3.63, 3.8) is 0 Å². The lowest BCUT2D eigenvalue weighted by Gasteiger charge is -2.21. The van der Waals surface area contributed by atoms with Gasteiger partial charge in [-0.3, -0.25) is 0 Å². The van der Waals surface area contributed by atoms with Crippen LogP contribution < -0.4 is 4.74 Å². The number of halogens is 2. The highest BCUT2D eigenvalue weighted by molar-refractivity contribution is 5.82. The van der Waals surface area contributed by atoms with Gasteiger partial charge in [-0.05, 0) is 60.6 Å². The van der Waals surface area contributed by atoms with E-state index >= 15 is 0 Å². The van der Waals surface area contributed by atoms with E-state index in [0.29, 0.717) is 12.2 Å². The van der Waals surface area contributed by atoms with Crippen LogP contribution in [0.15, 0.2) is 78.4 Å². The minimum atomic E-state index is -0.806. The van der Waals surface area contributed by atoms with Gasteiger partial charge in [0.25, 0.3) is 0 Å². The molecule has 1 fully saturated rings. The minimum absolute atomic E-state index is 0.347. The van der Waals surface area contributed by atoms with E-state index in [-0.39, 0.29) is 0 Å². The Hall–Kier alpha value is -2.94. The lowest BCUT2D eigenvalue weighted by molar-refractivity contribution is 0.306. The van der Waals surface area contributed by atoms with Gasteiger partial charge in [-0.25, -0.2) is 8.78 Å². The normalized spacial score (nSPS) is 13.9. The lowest BCUT2D eigenvalue weighted by Crippen LogP contribution is -2.03. The second kappa shape index (κ2) is 9.04. The number of allylic oxidation sites excluding steroid dienone is 1. The molecule has 0 bridgehead atoms. The molecule has 0 spiro atoms. The molecule has 4 rings (SSSR count). The van der Waals surface area contributed by atoms with Gasteiger partial charge in [0, 0.05) is 5.56 Å². The quantitative estimate of drug-likeness (QED) is 0.444. The summed E-state index contributed by atoms with van der Waals surface area (Å²) < 4.78 is 34.4. The van der Waals surface area contributed by atoms with Crippen molar-refractivity contribution < 1.29 is 13.5 Å². The topological polar surface area (TPSA) is 9.23 Å². The van der Waals surface area contributed by atoms with Gasteiger partial charge in [0.05, 0.1) is 0 Å². The molecule has 0 atom stereocenters. The summed E-state index contributed by atoms with van der Waals surface area (Å²) in [6.07, 6.45) is 5.23. The van der Waals surface area contributed by atoms with Crippen molar-refractivity contribution in [2.45, 2.75) is 38.7 Å². The first kappa shape index (κ1) is 19.4. The molecule has 29 heavy (non-hydrogen) atoms. The van der Waals surface area contributed by atoms with Crippen LogP contribution in [0.3, 0.4) is 0 Å². The maximum atomic E-state index is 14.6. The van der Waals surface area contributed by atoms with Crippen LogP contribution in [0.25, 0.3) is 5.57 Å². The fourth-order valence-electron chi connectivity index (χ4n) is 3.93. The lowest BCUT2D eigenvalue weighted by atomic mass is 9.85. The van der Waals surface area contributed by atoms with E-state index in [1.165, 1.54) is 18.1 Å². The summed E-state index contributed by atoms with van der Waals surface area (Å²) in [5.74, 6) is -0.825. The molecule has 0 N–H and O–H groups in total. The average Bonchev–Trinajstić information content (AvgIpc) is 2.78. The van der Waals surface area contributed by atoms with Crippen molar-refractivity contribution in [2.75, 3.05) is 0 Å². The molecule has 0 radical (unpaired) electrons. The first-order chi connectivity index (χ1) is 14.2. The van der Waals surface area contributed by atoms with E-state index in [2.05, 4.69) is 0 Å². The van der Waals surface area contributed by atoms with Crippen LogP contribution in [0, 0.1) is 11.6 Å². The van der Waals surface area contributed by atoms with Crippen LogP contribution in [-0.2, 0) is 6.61 Å². The number of rotatable bonds is 5. The second-order valence-corrected chi connectivity index (χ2v) is 7.44. The molecular formula is C26H24F2O. The van der Waals surface area contributed by atoms with E-state index in [1.807, 2.05) is 54.6 Å². The Labute approximate surface area is 170 Å². The van der Waals surface area contributed by atoms with Gasteiger partial charge in [-0.2, -0.15) is 0 Å². The second-order valence-electron chi connectivity index (χ2n) is 7.44. The summed E-state index contributed by atoms with van der Waals surface area (Å²) in [6.45, 7) is 0.493. The Morgan fingerprint density at radius 1 is 0.759 bits per heavy atom. The molecule has 0 heterocycles. The maximum absolute atomic E-state index is 14.6. The third kappa shape index (κ3) is 4.56. The van der Waals surface area contributed by atoms with E-state index in [0.717, 1.165) is 48.1 Å². The first-order valence-electron chi connectivity index (χ1n) is 10.2. The highest BCUT2D eigenvalue weighted by Crippen LogP contribution is 2.37. The Morgan fingerprint density at radius 2 is 1.48 bits per heavy atom. The molecule has 1 nitrogen and oxygen atoms in total. The van der Waals surface area contributed by atoms with Gasteiger partial charge in [0.1, 0.15) is 12.4 Å². The zero-order chi connectivity index (χ0) is 20.1. The van der Waals surface area contributed by atoms with Gasteiger partial charge in [-0.15, -0.1) is 0 Å². The van der Waals surface area contributed by atoms with Crippen molar-refractivity contribution in [1.82, 2.24) is 0 Å². The van der Waals surface area contributed by atoms with Gasteiger partial charge in [-0.1, -0.05) is 66.6 Å². The molecule has 1 aliphatic rings. The molecule has 0 aliphatic heterocycles. The molecule has 1 saturated carbocycles. The van der Waals surface area contributed by atoms with Crippen LogP contribution in [-0.4, -0.2) is 0 Å². The van der Waals surface area contributed by atoms with Gasteiger partial charge in [0.15, 0.2) is 11.6 Å².